The third-order valence-electron chi connectivity index (χ3n) is 2.50. The second-order valence-electron chi connectivity index (χ2n) is 3.75. The lowest BCUT2D eigenvalue weighted by Crippen LogP contribution is -2.30. The summed E-state index contributed by atoms with van der Waals surface area (Å²) in [6.07, 6.45) is 2.91. The predicted octanol–water partition coefficient (Wildman–Crippen LogP) is 1.53. The molecule has 0 saturated heterocycles. The standard InChI is InChI=1S/C12H12ClN3O2/c13-10-3-1-2-8(4-10)11(7-17)16-12(18)9-5-14-15-6-9/h1-6,11,17H,7H2,(H,14,15)(H,16,18). The van der Waals surface area contributed by atoms with Crippen LogP contribution in [-0.4, -0.2) is 27.8 Å². The van der Waals surface area contributed by atoms with Crippen molar-refractivity contribution in [2.24, 2.45) is 0 Å². The van der Waals surface area contributed by atoms with Gasteiger partial charge in [0, 0.05) is 11.2 Å². The van der Waals surface area contributed by atoms with Crippen LogP contribution in [0.25, 0.3) is 0 Å². The van der Waals surface area contributed by atoms with Crippen molar-refractivity contribution in [3.05, 3.63) is 52.8 Å². The van der Waals surface area contributed by atoms with Gasteiger partial charge in [-0.2, -0.15) is 5.10 Å². The minimum absolute atomic E-state index is 0.204. The first-order chi connectivity index (χ1) is 8.70. The van der Waals surface area contributed by atoms with Crippen LogP contribution >= 0.6 is 11.6 Å². The third kappa shape index (κ3) is 2.88. The van der Waals surface area contributed by atoms with Gasteiger partial charge in [0.25, 0.3) is 5.91 Å². The Bertz CT molecular complexity index is 528. The summed E-state index contributed by atoms with van der Waals surface area (Å²) in [6, 6.07) is 6.51. The molecule has 0 spiro atoms. The van der Waals surface area contributed by atoms with Gasteiger partial charge in [-0.1, -0.05) is 23.7 Å². The van der Waals surface area contributed by atoms with Gasteiger partial charge in [0.2, 0.25) is 0 Å². The van der Waals surface area contributed by atoms with Crippen molar-refractivity contribution in [1.29, 1.82) is 0 Å². The van der Waals surface area contributed by atoms with Crippen molar-refractivity contribution in [2.75, 3.05) is 6.61 Å². The van der Waals surface area contributed by atoms with Crippen molar-refractivity contribution in [3.8, 4) is 0 Å². The maximum absolute atomic E-state index is 11.8. The fraction of sp³-hybridized carbons (Fsp3) is 0.167. The zero-order valence-corrected chi connectivity index (χ0v) is 10.2. The van der Waals surface area contributed by atoms with Crippen LogP contribution in [-0.2, 0) is 0 Å². The van der Waals surface area contributed by atoms with E-state index in [2.05, 4.69) is 15.5 Å². The van der Waals surface area contributed by atoms with E-state index in [1.54, 1.807) is 24.3 Å². The molecule has 0 aliphatic heterocycles. The summed E-state index contributed by atoms with van der Waals surface area (Å²) in [5, 5.41) is 18.8. The first-order valence-corrected chi connectivity index (χ1v) is 5.74. The molecule has 0 saturated carbocycles. The van der Waals surface area contributed by atoms with E-state index in [4.69, 9.17) is 11.6 Å². The highest BCUT2D eigenvalue weighted by molar-refractivity contribution is 6.30. The van der Waals surface area contributed by atoms with E-state index in [-0.39, 0.29) is 12.5 Å². The number of benzene rings is 1. The summed E-state index contributed by atoms with van der Waals surface area (Å²) in [5.74, 6) is -0.303. The highest BCUT2D eigenvalue weighted by Gasteiger charge is 2.15. The maximum Gasteiger partial charge on any atom is 0.255 e. The molecule has 0 radical (unpaired) electrons. The smallest absolute Gasteiger partial charge is 0.255 e. The molecular weight excluding hydrogens is 254 g/mol. The van der Waals surface area contributed by atoms with Crippen molar-refractivity contribution in [1.82, 2.24) is 15.5 Å². The van der Waals surface area contributed by atoms with Gasteiger partial charge in [0.1, 0.15) is 0 Å². The highest BCUT2D eigenvalue weighted by Crippen LogP contribution is 2.17. The molecule has 1 aromatic carbocycles. The molecule has 1 unspecified atom stereocenters. The topological polar surface area (TPSA) is 78.0 Å². The Morgan fingerprint density at radius 1 is 1.56 bits per heavy atom. The Morgan fingerprint density at radius 3 is 3.00 bits per heavy atom. The molecule has 18 heavy (non-hydrogen) atoms. The molecule has 6 heteroatoms. The summed E-state index contributed by atoms with van der Waals surface area (Å²) < 4.78 is 0. The predicted molar refractivity (Wildman–Crippen MR) is 67.3 cm³/mol. The number of hydrogen-bond acceptors (Lipinski definition) is 3. The summed E-state index contributed by atoms with van der Waals surface area (Å²) in [7, 11) is 0. The van der Waals surface area contributed by atoms with Crippen LogP contribution in [0, 0.1) is 0 Å². The molecule has 0 fully saturated rings. The van der Waals surface area contributed by atoms with E-state index < -0.39 is 6.04 Å². The lowest BCUT2D eigenvalue weighted by Gasteiger charge is -2.16. The van der Waals surface area contributed by atoms with Gasteiger partial charge in [-0.25, -0.2) is 0 Å². The van der Waals surface area contributed by atoms with Crippen LogP contribution in [0.5, 0.6) is 0 Å². The Hall–Kier alpha value is -1.85. The van der Waals surface area contributed by atoms with Crippen molar-refractivity contribution < 1.29 is 9.90 Å². The largest absolute Gasteiger partial charge is 0.394 e. The van der Waals surface area contributed by atoms with E-state index >= 15 is 0 Å². The van der Waals surface area contributed by atoms with Gasteiger partial charge in [-0.15, -0.1) is 0 Å². The molecule has 2 aromatic rings. The zero-order chi connectivity index (χ0) is 13.0. The molecule has 0 aliphatic rings. The molecule has 2 rings (SSSR count). The lowest BCUT2D eigenvalue weighted by molar-refractivity contribution is 0.0916. The number of carbonyl (C=O) groups is 1. The first kappa shape index (κ1) is 12.6. The van der Waals surface area contributed by atoms with Crippen LogP contribution in [0.4, 0.5) is 0 Å². The number of H-pyrrole nitrogens is 1. The molecule has 0 aliphatic carbocycles. The lowest BCUT2D eigenvalue weighted by atomic mass is 10.1. The van der Waals surface area contributed by atoms with Crippen LogP contribution in [0.3, 0.4) is 0 Å². The molecule has 5 nitrogen and oxygen atoms in total. The number of carbonyl (C=O) groups excluding carboxylic acids is 1. The minimum Gasteiger partial charge on any atom is -0.394 e. The number of aliphatic hydroxyl groups is 1. The molecule has 1 heterocycles. The quantitative estimate of drug-likeness (QED) is 0.784. The molecule has 1 aromatic heterocycles. The number of amides is 1. The third-order valence-corrected chi connectivity index (χ3v) is 2.73. The van der Waals surface area contributed by atoms with E-state index in [1.165, 1.54) is 12.4 Å². The van der Waals surface area contributed by atoms with Crippen molar-refractivity contribution in [3.63, 3.8) is 0 Å². The fourth-order valence-electron chi connectivity index (χ4n) is 1.57. The van der Waals surface area contributed by atoms with E-state index in [0.717, 1.165) is 5.56 Å². The Labute approximate surface area is 109 Å². The molecule has 0 bridgehead atoms. The normalized spacial score (nSPS) is 12.1. The number of rotatable bonds is 4. The van der Waals surface area contributed by atoms with Gasteiger partial charge in [-0.3, -0.25) is 9.89 Å². The second-order valence-corrected chi connectivity index (χ2v) is 4.19. The molecule has 1 atom stereocenters. The average Bonchev–Trinajstić information content (AvgIpc) is 2.89. The SMILES string of the molecule is O=C(NC(CO)c1cccc(Cl)c1)c1cn[nH]c1. The van der Waals surface area contributed by atoms with Crippen molar-refractivity contribution >= 4 is 17.5 Å². The summed E-state index contributed by atoms with van der Waals surface area (Å²) >= 11 is 5.87. The average molecular weight is 266 g/mol. The van der Waals surface area contributed by atoms with Crippen LogP contribution < -0.4 is 5.32 Å². The van der Waals surface area contributed by atoms with Gasteiger partial charge >= 0.3 is 0 Å². The van der Waals surface area contributed by atoms with E-state index in [1.807, 2.05) is 0 Å². The monoisotopic (exact) mass is 265 g/mol. The number of nitrogens with zero attached hydrogens (tertiary/aromatic N) is 1. The Balaban J connectivity index is 2.13. The molecule has 1 amide bonds. The first-order valence-electron chi connectivity index (χ1n) is 5.36. The Kier molecular flexibility index (Phi) is 3.96. The van der Waals surface area contributed by atoms with Gasteiger partial charge in [0.05, 0.1) is 24.4 Å². The number of aliphatic hydroxyl groups excluding tert-OH is 1. The Morgan fingerprint density at radius 2 is 2.39 bits per heavy atom. The van der Waals surface area contributed by atoms with Gasteiger partial charge in [-0.05, 0) is 17.7 Å². The fourth-order valence-corrected chi connectivity index (χ4v) is 1.77. The summed E-state index contributed by atoms with van der Waals surface area (Å²) in [5.41, 5.74) is 1.16. The second kappa shape index (κ2) is 5.66. The maximum atomic E-state index is 11.8. The summed E-state index contributed by atoms with van der Waals surface area (Å²) in [4.78, 5) is 11.8. The van der Waals surface area contributed by atoms with Crippen LogP contribution in [0.1, 0.15) is 22.0 Å². The van der Waals surface area contributed by atoms with Gasteiger partial charge < -0.3 is 10.4 Å². The number of hydrogen-bond donors (Lipinski definition) is 3. The van der Waals surface area contributed by atoms with Crippen LogP contribution in [0.2, 0.25) is 5.02 Å². The van der Waals surface area contributed by atoms with Crippen LogP contribution in [0.15, 0.2) is 36.7 Å². The number of aromatic amines is 1. The minimum atomic E-state index is -0.494. The van der Waals surface area contributed by atoms with Gasteiger partial charge in [0.15, 0.2) is 0 Å². The number of aromatic nitrogens is 2. The van der Waals surface area contributed by atoms with E-state index in [9.17, 15) is 9.90 Å². The summed E-state index contributed by atoms with van der Waals surface area (Å²) in [6.45, 7) is -0.204. The van der Waals surface area contributed by atoms with E-state index in [0.29, 0.717) is 10.6 Å². The molecule has 94 valence electrons. The molecular formula is C12H12ClN3O2. The highest BCUT2D eigenvalue weighted by atomic mass is 35.5. The number of nitrogens with one attached hydrogen (secondary N) is 2. The van der Waals surface area contributed by atoms with Crippen molar-refractivity contribution in [2.45, 2.75) is 6.04 Å². The number of halogens is 1. The zero-order valence-electron chi connectivity index (χ0n) is 9.43. The molecule has 3 N–H and O–H groups in total.